The van der Waals surface area contributed by atoms with Crippen molar-refractivity contribution in [1.82, 2.24) is 20.2 Å². The molecule has 0 saturated heterocycles. The average Bonchev–Trinajstić information content (AvgIpc) is 3.18. The molecule has 1 aromatic carbocycles. The van der Waals surface area contributed by atoms with Crippen molar-refractivity contribution in [2.24, 2.45) is 0 Å². The van der Waals surface area contributed by atoms with Crippen molar-refractivity contribution in [2.75, 3.05) is 0 Å². The van der Waals surface area contributed by atoms with E-state index in [1.165, 1.54) is 6.07 Å². The zero-order valence-corrected chi connectivity index (χ0v) is 14.6. The first-order valence-corrected chi connectivity index (χ1v) is 8.49. The van der Waals surface area contributed by atoms with Crippen LogP contribution in [0.4, 0.5) is 4.39 Å². The topological polar surface area (TPSA) is 74.7 Å². The Bertz CT molecular complexity index is 1090. The summed E-state index contributed by atoms with van der Waals surface area (Å²) < 4.78 is 14.4. The van der Waals surface area contributed by atoms with Crippen LogP contribution in [0, 0.1) is 12.7 Å². The highest BCUT2D eigenvalue weighted by molar-refractivity contribution is 5.81. The highest BCUT2D eigenvalue weighted by atomic mass is 19.1. The lowest BCUT2D eigenvalue weighted by atomic mass is 10.00. The lowest BCUT2D eigenvalue weighted by molar-refractivity contribution is 0.281. The van der Waals surface area contributed by atoms with Gasteiger partial charge in [-0.25, -0.2) is 4.39 Å². The van der Waals surface area contributed by atoms with E-state index in [0.29, 0.717) is 22.5 Å². The van der Waals surface area contributed by atoms with Crippen molar-refractivity contribution >= 4 is 0 Å². The number of aliphatic hydroxyl groups is 1. The van der Waals surface area contributed by atoms with Gasteiger partial charge in [-0.15, -0.1) is 0 Å². The van der Waals surface area contributed by atoms with E-state index in [2.05, 4.69) is 20.2 Å². The minimum absolute atomic E-state index is 0.0995. The molecular weight excluding hydrogens is 343 g/mol. The lowest BCUT2D eigenvalue weighted by Gasteiger charge is -2.08. The number of hydrogen-bond donors (Lipinski definition) is 2. The maximum absolute atomic E-state index is 14.4. The molecule has 0 radical (unpaired) electrons. The number of nitrogens with zero attached hydrogens (tertiary/aromatic N) is 3. The van der Waals surface area contributed by atoms with Gasteiger partial charge >= 0.3 is 0 Å². The molecule has 0 aliphatic carbocycles. The predicted octanol–water partition coefficient (Wildman–Crippen LogP) is 4.14. The van der Waals surface area contributed by atoms with Gasteiger partial charge in [0, 0.05) is 29.2 Å². The number of pyridine rings is 2. The second-order valence-corrected chi connectivity index (χ2v) is 6.22. The van der Waals surface area contributed by atoms with Gasteiger partial charge in [0.2, 0.25) is 0 Å². The maximum Gasteiger partial charge on any atom is 0.132 e. The van der Waals surface area contributed by atoms with Crippen LogP contribution in [0.3, 0.4) is 0 Å². The number of nitrogens with one attached hydrogen (secondary N) is 1. The Morgan fingerprint density at radius 1 is 1.04 bits per heavy atom. The van der Waals surface area contributed by atoms with E-state index in [9.17, 15) is 4.39 Å². The van der Waals surface area contributed by atoms with E-state index in [-0.39, 0.29) is 12.4 Å². The molecule has 0 aliphatic heterocycles. The summed E-state index contributed by atoms with van der Waals surface area (Å²) in [6.45, 7) is 1.82. The molecule has 134 valence electrons. The average molecular weight is 360 g/mol. The molecule has 3 heterocycles. The summed E-state index contributed by atoms with van der Waals surface area (Å²) in [6, 6.07) is 14.1. The summed E-state index contributed by atoms with van der Waals surface area (Å²) in [5.74, 6) is -0.360. The van der Waals surface area contributed by atoms with Crippen LogP contribution in [-0.4, -0.2) is 25.3 Å². The second-order valence-electron chi connectivity index (χ2n) is 6.22. The lowest BCUT2D eigenvalue weighted by Crippen LogP contribution is -1.92. The Hall–Kier alpha value is -3.38. The number of aromatic amines is 1. The Kier molecular flexibility index (Phi) is 4.48. The summed E-state index contributed by atoms with van der Waals surface area (Å²) in [7, 11) is 0. The smallest absolute Gasteiger partial charge is 0.132 e. The number of rotatable bonds is 4. The molecule has 0 bridgehead atoms. The highest BCUT2D eigenvalue weighted by Gasteiger charge is 2.15. The van der Waals surface area contributed by atoms with Crippen molar-refractivity contribution in [3.63, 3.8) is 0 Å². The van der Waals surface area contributed by atoms with Crippen LogP contribution in [0.2, 0.25) is 0 Å². The van der Waals surface area contributed by atoms with Crippen molar-refractivity contribution < 1.29 is 9.50 Å². The molecule has 0 spiro atoms. The van der Waals surface area contributed by atoms with Gasteiger partial charge in [0.25, 0.3) is 0 Å². The number of aryl methyl sites for hydroxylation is 1. The maximum atomic E-state index is 14.4. The third kappa shape index (κ3) is 3.35. The summed E-state index contributed by atoms with van der Waals surface area (Å²) >= 11 is 0. The van der Waals surface area contributed by atoms with Gasteiger partial charge in [0.1, 0.15) is 11.5 Å². The largest absolute Gasteiger partial charge is 0.392 e. The molecule has 6 heteroatoms. The van der Waals surface area contributed by atoms with Gasteiger partial charge in [-0.1, -0.05) is 18.2 Å². The molecule has 27 heavy (non-hydrogen) atoms. The molecule has 4 rings (SSSR count). The third-order valence-corrected chi connectivity index (χ3v) is 4.33. The van der Waals surface area contributed by atoms with Gasteiger partial charge in [0.15, 0.2) is 0 Å². The Balaban J connectivity index is 1.79. The molecule has 0 unspecified atom stereocenters. The van der Waals surface area contributed by atoms with Crippen molar-refractivity contribution in [1.29, 1.82) is 0 Å². The summed E-state index contributed by atoms with van der Waals surface area (Å²) in [4.78, 5) is 8.79. The van der Waals surface area contributed by atoms with Crippen molar-refractivity contribution in [3.8, 4) is 33.8 Å². The molecule has 0 aliphatic rings. The Morgan fingerprint density at radius 3 is 2.67 bits per heavy atom. The first-order valence-electron chi connectivity index (χ1n) is 8.49. The molecule has 5 nitrogen and oxygen atoms in total. The first kappa shape index (κ1) is 17.1. The van der Waals surface area contributed by atoms with Crippen LogP contribution >= 0.6 is 0 Å². The molecule has 0 amide bonds. The van der Waals surface area contributed by atoms with E-state index >= 15 is 0 Å². The van der Waals surface area contributed by atoms with Gasteiger partial charge in [0.05, 0.1) is 18.0 Å². The van der Waals surface area contributed by atoms with Crippen LogP contribution in [0.25, 0.3) is 33.8 Å². The zero-order chi connectivity index (χ0) is 18.8. The van der Waals surface area contributed by atoms with E-state index in [4.69, 9.17) is 5.11 Å². The monoisotopic (exact) mass is 360 g/mol. The number of H-pyrrole nitrogens is 1. The number of aliphatic hydroxyl groups excluding tert-OH is 1. The van der Waals surface area contributed by atoms with Crippen LogP contribution in [0.15, 0.2) is 60.9 Å². The first-order chi connectivity index (χ1) is 13.2. The summed E-state index contributed by atoms with van der Waals surface area (Å²) in [5.41, 5.74) is 5.58. The Morgan fingerprint density at radius 2 is 1.93 bits per heavy atom. The summed E-state index contributed by atoms with van der Waals surface area (Å²) in [6.07, 6.45) is 3.32. The van der Waals surface area contributed by atoms with Gasteiger partial charge in [-0.2, -0.15) is 5.10 Å². The van der Waals surface area contributed by atoms with E-state index < -0.39 is 0 Å². The van der Waals surface area contributed by atoms with Crippen LogP contribution in [0.5, 0.6) is 0 Å². The minimum Gasteiger partial charge on any atom is -0.392 e. The molecule has 2 N–H and O–H groups in total. The standard InChI is InChI=1S/C21H17FN4O/c1-13-3-2-4-20(25-13)21-17(11-24-26-21)15-6-7-18(22)16(9-15)19-8-5-14(12-27)10-23-19/h2-11,27H,12H2,1H3,(H,24,26). The summed E-state index contributed by atoms with van der Waals surface area (Å²) in [5, 5.41) is 16.4. The van der Waals surface area contributed by atoms with Crippen LogP contribution in [-0.2, 0) is 6.61 Å². The highest BCUT2D eigenvalue weighted by Crippen LogP contribution is 2.32. The predicted molar refractivity (Wildman–Crippen MR) is 101 cm³/mol. The van der Waals surface area contributed by atoms with Gasteiger partial charge in [-0.3, -0.25) is 15.1 Å². The fourth-order valence-electron chi connectivity index (χ4n) is 2.95. The number of halogens is 1. The molecule has 0 fully saturated rings. The second kappa shape index (κ2) is 7.09. The van der Waals surface area contributed by atoms with Crippen LogP contribution in [0.1, 0.15) is 11.3 Å². The van der Waals surface area contributed by atoms with Crippen molar-refractivity contribution in [3.05, 3.63) is 78.0 Å². The third-order valence-electron chi connectivity index (χ3n) is 4.33. The van der Waals surface area contributed by atoms with Gasteiger partial charge < -0.3 is 5.11 Å². The zero-order valence-electron chi connectivity index (χ0n) is 14.6. The minimum atomic E-state index is -0.360. The quantitative estimate of drug-likeness (QED) is 0.574. The van der Waals surface area contributed by atoms with E-state index in [1.54, 1.807) is 36.7 Å². The van der Waals surface area contributed by atoms with E-state index in [1.807, 2.05) is 25.1 Å². The molecule has 0 atom stereocenters. The van der Waals surface area contributed by atoms with E-state index in [0.717, 1.165) is 22.5 Å². The number of benzene rings is 1. The molecule has 4 aromatic rings. The Labute approximate surface area is 155 Å². The SMILES string of the molecule is Cc1cccc(-c2n[nH]cc2-c2ccc(F)c(-c3ccc(CO)cn3)c2)n1. The molecule has 3 aromatic heterocycles. The fourth-order valence-corrected chi connectivity index (χ4v) is 2.95. The van der Waals surface area contributed by atoms with Gasteiger partial charge in [-0.05, 0) is 48.4 Å². The molecular formula is C21H17FN4O. The molecule has 0 saturated carbocycles. The fraction of sp³-hybridized carbons (Fsp3) is 0.0952. The number of hydrogen-bond acceptors (Lipinski definition) is 4. The van der Waals surface area contributed by atoms with Crippen molar-refractivity contribution in [2.45, 2.75) is 13.5 Å². The normalized spacial score (nSPS) is 10.9. The number of aromatic nitrogens is 4. The van der Waals surface area contributed by atoms with Crippen LogP contribution < -0.4 is 0 Å².